The molecule has 1 aromatic heterocycles. The first-order chi connectivity index (χ1) is 8.07. The summed E-state index contributed by atoms with van der Waals surface area (Å²) in [4.78, 5) is 10.8. The highest BCUT2D eigenvalue weighted by Gasteiger charge is 2.17. The van der Waals surface area contributed by atoms with Gasteiger partial charge in [-0.05, 0) is 13.8 Å². The molecule has 5 nitrogen and oxygen atoms in total. The first-order valence-corrected chi connectivity index (χ1v) is 5.85. The molecule has 0 aliphatic heterocycles. The normalized spacial score (nSPS) is 10.6. The van der Waals surface area contributed by atoms with Crippen molar-refractivity contribution in [3.05, 3.63) is 18.1 Å². The molecule has 0 radical (unpaired) electrons. The Bertz CT molecular complexity index is 383. The van der Waals surface area contributed by atoms with Crippen LogP contribution in [0.1, 0.15) is 19.5 Å². The Hall–Kier alpha value is -1.27. The summed E-state index contributed by atoms with van der Waals surface area (Å²) < 4.78 is 5.09. The van der Waals surface area contributed by atoms with Gasteiger partial charge in [-0.2, -0.15) is 0 Å². The van der Waals surface area contributed by atoms with Gasteiger partial charge in [0.2, 0.25) is 0 Å². The molecule has 0 amide bonds. The van der Waals surface area contributed by atoms with Crippen LogP contribution in [0.4, 0.5) is 5.82 Å². The fourth-order valence-electron chi connectivity index (χ4n) is 1.51. The van der Waals surface area contributed by atoms with Crippen molar-refractivity contribution in [2.75, 3.05) is 25.2 Å². The Kier molecular flexibility index (Phi) is 5.24. The lowest BCUT2D eigenvalue weighted by Gasteiger charge is -2.28. The molecular weight excluding hydrogens is 236 g/mol. The van der Waals surface area contributed by atoms with Crippen LogP contribution in [0, 0.1) is 0 Å². The summed E-state index contributed by atoms with van der Waals surface area (Å²) in [6.07, 6.45) is 3.23. The van der Waals surface area contributed by atoms with Crippen molar-refractivity contribution in [3.63, 3.8) is 0 Å². The summed E-state index contributed by atoms with van der Waals surface area (Å²) in [6, 6.07) is 0.273. The van der Waals surface area contributed by atoms with Crippen molar-refractivity contribution < 1.29 is 4.74 Å². The number of nitrogens with zero attached hydrogens (tertiary/aromatic N) is 3. The maximum atomic E-state index is 5.65. The molecule has 0 spiro atoms. The highest BCUT2D eigenvalue weighted by molar-refractivity contribution is 7.80. The molecule has 0 aromatic carbocycles. The van der Waals surface area contributed by atoms with Gasteiger partial charge in [0.1, 0.15) is 10.7 Å². The van der Waals surface area contributed by atoms with Crippen LogP contribution < -0.4 is 10.6 Å². The van der Waals surface area contributed by atoms with Gasteiger partial charge in [0.25, 0.3) is 0 Å². The van der Waals surface area contributed by atoms with Crippen LogP contribution in [0.2, 0.25) is 0 Å². The SMILES string of the molecule is COCCN(c1nccnc1C(N)=S)C(C)C. The van der Waals surface area contributed by atoms with Crippen LogP contribution in [0.15, 0.2) is 12.4 Å². The van der Waals surface area contributed by atoms with E-state index in [1.54, 1.807) is 19.5 Å². The Morgan fingerprint density at radius 3 is 2.65 bits per heavy atom. The predicted molar refractivity (Wildman–Crippen MR) is 72.3 cm³/mol. The molecule has 0 fully saturated rings. The summed E-state index contributed by atoms with van der Waals surface area (Å²) in [5, 5.41) is 0. The Morgan fingerprint density at radius 2 is 2.12 bits per heavy atom. The molecule has 1 heterocycles. The van der Waals surface area contributed by atoms with Crippen molar-refractivity contribution in [1.29, 1.82) is 0 Å². The summed E-state index contributed by atoms with van der Waals surface area (Å²) in [6.45, 7) is 5.50. The maximum Gasteiger partial charge on any atom is 0.157 e. The smallest absolute Gasteiger partial charge is 0.157 e. The number of hydrogen-bond acceptors (Lipinski definition) is 5. The fourth-order valence-corrected chi connectivity index (χ4v) is 1.66. The van der Waals surface area contributed by atoms with Crippen LogP contribution in [0.3, 0.4) is 0 Å². The van der Waals surface area contributed by atoms with E-state index in [-0.39, 0.29) is 11.0 Å². The maximum absolute atomic E-state index is 5.65. The number of ether oxygens (including phenoxy) is 1. The summed E-state index contributed by atoms with van der Waals surface area (Å²) in [7, 11) is 1.67. The molecular formula is C11H18N4OS. The molecule has 6 heteroatoms. The van der Waals surface area contributed by atoms with E-state index in [0.29, 0.717) is 18.1 Å². The number of rotatable bonds is 6. The van der Waals surface area contributed by atoms with E-state index in [1.807, 2.05) is 0 Å². The average Bonchev–Trinajstić information content (AvgIpc) is 2.29. The van der Waals surface area contributed by atoms with Gasteiger partial charge >= 0.3 is 0 Å². The van der Waals surface area contributed by atoms with E-state index >= 15 is 0 Å². The van der Waals surface area contributed by atoms with E-state index in [9.17, 15) is 0 Å². The lowest BCUT2D eigenvalue weighted by molar-refractivity contribution is 0.203. The van der Waals surface area contributed by atoms with Crippen LogP contribution in [0.25, 0.3) is 0 Å². The molecule has 0 bridgehead atoms. The quantitative estimate of drug-likeness (QED) is 0.763. The third-order valence-corrected chi connectivity index (χ3v) is 2.54. The Morgan fingerprint density at radius 1 is 1.47 bits per heavy atom. The van der Waals surface area contributed by atoms with E-state index in [1.165, 1.54) is 0 Å². The topological polar surface area (TPSA) is 64.3 Å². The second kappa shape index (κ2) is 6.46. The number of nitrogens with two attached hydrogens (primary N) is 1. The van der Waals surface area contributed by atoms with Gasteiger partial charge in [-0.3, -0.25) is 0 Å². The third kappa shape index (κ3) is 3.61. The standard InChI is InChI=1S/C11H18N4OS/c1-8(2)15(6-7-16-3)11-9(10(12)17)13-4-5-14-11/h4-5,8H,6-7H2,1-3H3,(H2,12,17). The molecule has 0 saturated heterocycles. The highest BCUT2D eigenvalue weighted by atomic mass is 32.1. The zero-order valence-corrected chi connectivity index (χ0v) is 11.2. The fraction of sp³-hybridized carbons (Fsp3) is 0.545. The summed E-state index contributed by atoms with van der Waals surface area (Å²) >= 11 is 4.99. The summed E-state index contributed by atoms with van der Waals surface area (Å²) in [5.74, 6) is 0.715. The second-order valence-electron chi connectivity index (χ2n) is 3.87. The monoisotopic (exact) mass is 254 g/mol. The van der Waals surface area contributed by atoms with Crippen molar-refractivity contribution in [1.82, 2.24) is 9.97 Å². The number of methoxy groups -OCH3 is 1. The molecule has 94 valence electrons. The minimum absolute atomic E-state index is 0.260. The van der Waals surface area contributed by atoms with Gasteiger partial charge in [-0.1, -0.05) is 12.2 Å². The van der Waals surface area contributed by atoms with Gasteiger partial charge in [0.05, 0.1) is 6.61 Å². The highest BCUT2D eigenvalue weighted by Crippen LogP contribution is 2.17. The van der Waals surface area contributed by atoms with E-state index < -0.39 is 0 Å². The number of thiocarbonyl (C=S) groups is 1. The summed E-state index contributed by atoms with van der Waals surface area (Å²) in [5.41, 5.74) is 6.21. The Labute approximate surface area is 107 Å². The molecule has 0 aliphatic carbocycles. The van der Waals surface area contributed by atoms with Gasteiger partial charge < -0.3 is 15.4 Å². The lowest BCUT2D eigenvalue weighted by Crippen LogP contribution is -2.36. The molecule has 2 N–H and O–H groups in total. The molecule has 0 saturated carbocycles. The second-order valence-corrected chi connectivity index (χ2v) is 4.31. The first-order valence-electron chi connectivity index (χ1n) is 5.44. The van der Waals surface area contributed by atoms with Crippen molar-refractivity contribution >= 4 is 23.0 Å². The molecule has 0 unspecified atom stereocenters. The van der Waals surface area contributed by atoms with Crippen molar-refractivity contribution in [2.24, 2.45) is 5.73 Å². The minimum atomic E-state index is 0.260. The van der Waals surface area contributed by atoms with E-state index in [0.717, 1.165) is 6.54 Å². The number of hydrogen-bond donors (Lipinski definition) is 1. The van der Waals surface area contributed by atoms with Crippen LogP contribution in [-0.4, -0.2) is 41.3 Å². The Balaban J connectivity index is 3.04. The number of aromatic nitrogens is 2. The van der Waals surface area contributed by atoms with Crippen molar-refractivity contribution in [2.45, 2.75) is 19.9 Å². The van der Waals surface area contributed by atoms with Crippen LogP contribution >= 0.6 is 12.2 Å². The lowest BCUT2D eigenvalue weighted by atomic mass is 10.2. The zero-order chi connectivity index (χ0) is 12.8. The van der Waals surface area contributed by atoms with Crippen LogP contribution in [-0.2, 0) is 4.74 Å². The van der Waals surface area contributed by atoms with Crippen LogP contribution in [0.5, 0.6) is 0 Å². The van der Waals surface area contributed by atoms with Gasteiger partial charge in [0.15, 0.2) is 5.82 Å². The molecule has 0 aliphatic rings. The minimum Gasteiger partial charge on any atom is -0.388 e. The van der Waals surface area contributed by atoms with Crippen molar-refractivity contribution in [3.8, 4) is 0 Å². The predicted octanol–water partition coefficient (Wildman–Crippen LogP) is 0.972. The third-order valence-electron chi connectivity index (χ3n) is 2.34. The molecule has 0 atom stereocenters. The molecule has 1 aromatic rings. The largest absolute Gasteiger partial charge is 0.388 e. The van der Waals surface area contributed by atoms with Gasteiger partial charge in [-0.25, -0.2) is 9.97 Å². The van der Waals surface area contributed by atoms with E-state index in [2.05, 4.69) is 28.7 Å². The van der Waals surface area contributed by atoms with Gasteiger partial charge in [-0.15, -0.1) is 0 Å². The molecule has 1 rings (SSSR count). The first kappa shape index (κ1) is 13.8. The number of anilines is 1. The zero-order valence-electron chi connectivity index (χ0n) is 10.4. The molecule has 17 heavy (non-hydrogen) atoms. The van der Waals surface area contributed by atoms with Gasteiger partial charge in [0, 0.05) is 32.1 Å². The average molecular weight is 254 g/mol. The van der Waals surface area contributed by atoms with E-state index in [4.69, 9.17) is 22.7 Å².